The molecule has 0 aromatic heterocycles. The number of rotatable bonds is 6. The molecule has 0 saturated heterocycles. The molecular formula is C13H16BrNO3. The van der Waals surface area contributed by atoms with E-state index in [4.69, 9.17) is 5.11 Å². The van der Waals surface area contributed by atoms with Crippen LogP contribution in [0.25, 0.3) is 0 Å². The van der Waals surface area contributed by atoms with Crippen molar-refractivity contribution in [2.75, 3.05) is 10.6 Å². The predicted molar refractivity (Wildman–Crippen MR) is 74.4 cm³/mol. The normalized spacial score (nSPS) is 10.1. The number of benzene rings is 1. The second kappa shape index (κ2) is 7.16. The minimum atomic E-state index is -0.965. The maximum atomic E-state index is 11.6. The van der Waals surface area contributed by atoms with Gasteiger partial charge in [-0.25, -0.2) is 4.79 Å². The van der Waals surface area contributed by atoms with E-state index in [1.54, 1.807) is 19.1 Å². The highest BCUT2D eigenvalue weighted by molar-refractivity contribution is 9.09. The van der Waals surface area contributed by atoms with Crippen LogP contribution in [0.1, 0.15) is 35.2 Å². The number of carbonyl (C=O) groups excluding carboxylic acids is 1. The van der Waals surface area contributed by atoms with Crippen LogP contribution in [0.5, 0.6) is 0 Å². The van der Waals surface area contributed by atoms with Gasteiger partial charge in [-0.05, 0) is 43.5 Å². The van der Waals surface area contributed by atoms with Gasteiger partial charge in [0.15, 0.2) is 0 Å². The first-order valence-electron chi connectivity index (χ1n) is 5.74. The number of aryl methyl sites for hydroxylation is 1. The first-order chi connectivity index (χ1) is 8.54. The summed E-state index contributed by atoms with van der Waals surface area (Å²) < 4.78 is 0. The van der Waals surface area contributed by atoms with Crippen LogP contribution in [0.3, 0.4) is 0 Å². The maximum Gasteiger partial charge on any atom is 0.335 e. The minimum absolute atomic E-state index is 0.0397. The highest BCUT2D eigenvalue weighted by atomic mass is 79.9. The molecule has 1 aromatic rings. The molecule has 0 spiro atoms. The van der Waals surface area contributed by atoms with E-state index >= 15 is 0 Å². The first kappa shape index (κ1) is 14.7. The Bertz CT molecular complexity index is 446. The number of hydrogen-bond donors (Lipinski definition) is 2. The zero-order chi connectivity index (χ0) is 13.5. The lowest BCUT2D eigenvalue weighted by Crippen LogP contribution is -2.12. The van der Waals surface area contributed by atoms with E-state index < -0.39 is 5.97 Å². The SMILES string of the molecule is Cc1cc(C(=O)O)ccc1NC(=O)CCCCBr. The second-order valence-corrected chi connectivity index (χ2v) is 4.82. The molecule has 2 N–H and O–H groups in total. The fourth-order valence-corrected chi connectivity index (χ4v) is 1.93. The summed E-state index contributed by atoms with van der Waals surface area (Å²) in [5.74, 6) is -1.00. The van der Waals surface area contributed by atoms with Crippen molar-refractivity contribution in [3.63, 3.8) is 0 Å². The molecule has 1 amide bonds. The number of aromatic carboxylic acids is 1. The number of anilines is 1. The molecule has 1 rings (SSSR count). The van der Waals surface area contributed by atoms with Crippen LogP contribution in [0, 0.1) is 6.92 Å². The van der Waals surface area contributed by atoms with Crippen molar-refractivity contribution in [1.29, 1.82) is 0 Å². The Morgan fingerprint density at radius 2 is 2.06 bits per heavy atom. The van der Waals surface area contributed by atoms with E-state index in [0.717, 1.165) is 23.7 Å². The number of carboxylic acid groups (broad SMARTS) is 1. The fourth-order valence-electron chi connectivity index (χ4n) is 1.53. The molecule has 0 aliphatic carbocycles. The van der Waals surface area contributed by atoms with E-state index in [2.05, 4.69) is 21.2 Å². The summed E-state index contributed by atoms with van der Waals surface area (Å²) >= 11 is 3.31. The molecule has 1 aromatic carbocycles. The van der Waals surface area contributed by atoms with Crippen LogP contribution in [0.15, 0.2) is 18.2 Å². The highest BCUT2D eigenvalue weighted by Crippen LogP contribution is 2.17. The fraction of sp³-hybridized carbons (Fsp3) is 0.385. The summed E-state index contributed by atoms with van der Waals surface area (Å²) in [5, 5.41) is 12.5. The van der Waals surface area contributed by atoms with Gasteiger partial charge in [0.1, 0.15) is 0 Å². The van der Waals surface area contributed by atoms with Crippen molar-refractivity contribution in [1.82, 2.24) is 0 Å². The Morgan fingerprint density at radius 3 is 2.61 bits per heavy atom. The monoisotopic (exact) mass is 313 g/mol. The summed E-state index contributed by atoms with van der Waals surface area (Å²) in [6, 6.07) is 4.67. The number of unbranched alkanes of at least 4 members (excludes halogenated alkanes) is 1. The Hall–Kier alpha value is -1.36. The first-order valence-corrected chi connectivity index (χ1v) is 6.86. The summed E-state index contributed by atoms with van der Waals surface area (Å²) in [6.45, 7) is 1.78. The van der Waals surface area contributed by atoms with E-state index in [0.29, 0.717) is 12.1 Å². The summed E-state index contributed by atoms with van der Waals surface area (Å²) in [7, 11) is 0. The Labute approximate surface area is 115 Å². The lowest BCUT2D eigenvalue weighted by molar-refractivity contribution is -0.116. The summed E-state index contributed by atoms with van der Waals surface area (Å²) in [4.78, 5) is 22.4. The number of halogens is 1. The number of nitrogens with one attached hydrogen (secondary N) is 1. The molecule has 4 nitrogen and oxygen atoms in total. The molecule has 0 atom stereocenters. The summed E-state index contributed by atoms with van der Waals surface area (Å²) in [5.41, 5.74) is 1.65. The number of alkyl halides is 1. The van der Waals surface area contributed by atoms with Gasteiger partial charge >= 0.3 is 5.97 Å². The largest absolute Gasteiger partial charge is 0.478 e. The molecule has 0 radical (unpaired) electrons. The van der Waals surface area contributed by atoms with E-state index in [-0.39, 0.29) is 11.5 Å². The van der Waals surface area contributed by atoms with E-state index in [1.807, 2.05) is 0 Å². The topological polar surface area (TPSA) is 66.4 Å². The molecule has 0 aliphatic rings. The van der Waals surface area contributed by atoms with Crippen LogP contribution in [0.2, 0.25) is 0 Å². The van der Waals surface area contributed by atoms with Crippen LogP contribution >= 0.6 is 15.9 Å². The molecule has 0 heterocycles. The number of carboxylic acids is 1. The average molecular weight is 314 g/mol. The lowest BCUT2D eigenvalue weighted by atomic mass is 10.1. The third-order valence-corrected chi connectivity index (χ3v) is 3.10. The van der Waals surface area contributed by atoms with Gasteiger partial charge in [-0.1, -0.05) is 15.9 Å². The van der Waals surface area contributed by atoms with Crippen molar-refractivity contribution in [2.24, 2.45) is 0 Å². The van der Waals surface area contributed by atoms with Gasteiger partial charge in [0, 0.05) is 17.4 Å². The van der Waals surface area contributed by atoms with Gasteiger partial charge in [-0.15, -0.1) is 0 Å². The third-order valence-electron chi connectivity index (χ3n) is 2.53. The van der Waals surface area contributed by atoms with E-state index in [9.17, 15) is 9.59 Å². The Balaban J connectivity index is 2.62. The van der Waals surface area contributed by atoms with E-state index in [1.165, 1.54) is 6.07 Å². The van der Waals surface area contributed by atoms with Gasteiger partial charge < -0.3 is 10.4 Å². The van der Waals surface area contributed by atoms with Crippen LogP contribution in [-0.2, 0) is 4.79 Å². The van der Waals surface area contributed by atoms with Crippen LogP contribution < -0.4 is 5.32 Å². The lowest BCUT2D eigenvalue weighted by Gasteiger charge is -2.08. The van der Waals surface area contributed by atoms with Gasteiger partial charge in [-0.2, -0.15) is 0 Å². The van der Waals surface area contributed by atoms with Crippen molar-refractivity contribution < 1.29 is 14.7 Å². The van der Waals surface area contributed by atoms with Crippen LogP contribution in [-0.4, -0.2) is 22.3 Å². The molecule has 0 aliphatic heterocycles. The van der Waals surface area contributed by atoms with Crippen molar-refractivity contribution in [3.05, 3.63) is 29.3 Å². The molecule has 0 fully saturated rings. The molecule has 0 unspecified atom stereocenters. The average Bonchev–Trinajstić information content (AvgIpc) is 2.32. The van der Waals surface area contributed by atoms with Gasteiger partial charge in [0.2, 0.25) is 5.91 Å². The van der Waals surface area contributed by atoms with Crippen molar-refractivity contribution >= 4 is 33.5 Å². The van der Waals surface area contributed by atoms with Gasteiger partial charge in [0.25, 0.3) is 0 Å². The second-order valence-electron chi connectivity index (χ2n) is 4.03. The van der Waals surface area contributed by atoms with Crippen molar-refractivity contribution in [3.8, 4) is 0 Å². The Morgan fingerprint density at radius 1 is 1.33 bits per heavy atom. The minimum Gasteiger partial charge on any atom is -0.478 e. The molecule has 0 saturated carbocycles. The zero-order valence-electron chi connectivity index (χ0n) is 10.2. The standard InChI is InChI=1S/C13H16BrNO3/c1-9-8-10(13(17)18)5-6-11(9)15-12(16)4-2-3-7-14/h5-6,8H,2-4,7H2,1H3,(H,15,16)(H,17,18). The van der Waals surface area contributed by atoms with Gasteiger partial charge in [0.05, 0.1) is 5.56 Å². The maximum absolute atomic E-state index is 11.6. The Kier molecular flexibility index (Phi) is 5.85. The highest BCUT2D eigenvalue weighted by Gasteiger charge is 2.08. The molecule has 18 heavy (non-hydrogen) atoms. The smallest absolute Gasteiger partial charge is 0.335 e. The molecule has 0 bridgehead atoms. The zero-order valence-corrected chi connectivity index (χ0v) is 11.8. The van der Waals surface area contributed by atoms with Crippen LogP contribution in [0.4, 0.5) is 5.69 Å². The third kappa shape index (κ3) is 4.49. The van der Waals surface area contributed by atoms with Crippen molar-refractivity contribution in [2.45, 2.75) is 26.2 Å². The number of amides is 1. The number of carbonyl (C=O) groups is 2. The molecule has 98 valence electrons. The summed E-state index contributed by atoms with van der Waals surface area (Å²) in [6.07, 6.45) is 2.28. The number of hydrogen-bond acceptors (Lipinski definition) is 2. The molecular weight excluding hydrogens is 298 g/mol. The molecule has 5 heteroatoms. The quantitative estimate of drug-likeness (QED) is 0.626. The predicted octanol–water partition coefficient (Wildman–Crippen LogP) is 3.20. The van der Waals surface area contributed by atoms with Gasteiger partial charge in [-0.3, -0.25) is 4.79 Å².